The van der Waals surface area contributed by atoms with Gasteiger partial charge in [0.2, 0.25) is 0 Å². The number of aliphatic hydroxyl groups is 2. The van der Waals surface area contributed by atoms with Crippen molar-refractivity contribution < 1.29 is 43.4 Å². The van der Waals surface area contributed by atoms with Gasteiger partial charge in [0.25, 0.3) is 5.56 Å². The molecule has 4 heterocycles. The molecular formula is C21H23N6O10P. The molecule has 1 fully saturated rings. The number of aliphatic hydroxyl groups excluding tert-OH is 2. The number of hydrogen-bond donors (Lipinski definition) is 7. The molecule has 1 unspecified atom stereocenters. The van der Waals surface area contributed by atoms with Gasteiger partial charge < -0.3 is 40.3 Å². The highest BCUT2D eigenvalue weighted by Crippen LogP contribution is 2.45. The average molecular weight is 550 g/mol. The number of aromatic nitrogens is 5. The summed E-state index contributed by atoms with van der Waals surface area (Å²) in [7, 11) is -4.73. The molecule has 1 aliphatic rings. The fourth-order valence-electron chi connectivity index (χ4n) is 4.18. The highest BCUT2D eigenvalue weighted by atomic mass is 31.2. The van der Waals surface area contributed by atoms with Gasteiger partial charge in [0.1, 0.15) is 30.1 Å². The third-order valence-corrected chi connectivity index (χ3v) is 7.01. The summed E-state index contributed by atoms with van der Waals surface area (Å²) in [4.78, 5) is 46.5. The Morgan fingerprint density at radius 1 is 1.26 bits per heavy atom. The van der Waals surface area contributed by atoms with E-state index in [9.17, 15) is 29.3 Å². The molecule has 4 aromatic rings. The first-order valence-electron chi connectivity index (χ1n) is 11.2. The number of ether oxygens (including phenoxy) is 1. The number of nitrogens with one attached hydrogen (secondary N) is 2. The summed E-state index contributed by atoms with van der Waals surface area (Å²) in [6.07, 6.45) is -1.49. The number of phosphoric acid groups is 1. The van der Waals surface area contributed by atoms with Crippen molar-refractivity contribution in [2.24, 2.45) is 5.73 Å². The molecule has 0 aliphatic carbocycles. The van der Waals surface area contributed by atoms with Crippen LogP contribution in [-0.2, 0) is 25.0 Å². The van der Waals surface area contributed by atoms with Crippen molar-refractivity contribution >= 4 is 35.9 Å². The standard InChI is InChI=1S/C21H23N6O10P/c22-12(21(31)32)3-9-5-23-13-2-1-10(4-11(9)13)37-38(33,34)35-6-14-16(28)17(29)20(36-14)27-8-26-15-18(27)24-7-25-19(15)30/h1-2,4-5,7-8,12,14,16-17,20,23,28-29H,3,6,22H2,(H,31,32)(H,33,34)(H,24,25,30)/t12-,14+,16+,17+,20+/m0/s1. The zero-order valence-corrected chi connectivity index (χ0v) is 20.3. The first kappa shape index (κ1) is 26.0. The zero-order chi connectivity index (χ0) is 27.2. The number of H-pyrrole nitrogens is 2. The van der Waals surface area contributed by atoms with Crippen molar-refractivity contribution in [3.8, 4) is 5.75 Å². The van der Waals surface area contributed by atoms with Crippen LogP contribution in [0.4, 0.5) is 0 Å². The Labute approximate surface area is 212 Å². The first-order valence-corrected chi connectivity index (χ1v) is 12.7. The molecule has 8 N–H and O–H groups in total. The van der Waals surface area contributed by atoms with E-state index in [1.54, 1.807) is 12.3 Å². The lowest BCUT2D eigenvalue weighted by Gasteiger charge is -2.18. The Morgan fingerprint density at radius 2 is 2.05 bits per heavy atom. The lowest BCUT2D eigenvalue weighted by atomic mass is 10.1. The van der Waals surface area contributed by atoms with Gasteiger partial charge >= 0.3 is 13.8 Å². The van der Waals surface area contributed by atoms with Crippen LogP contribution in [0.25, 0.3) is 22.1 Å². The minimum Gasteiger partial charge on any atom is -0.480 e. The molecule has 1 saturated heterocycles. The van der Waals surface area contributed by atoms with Gasteiger partial charge in [-0.3, -0.25) is 23.6 Å². The predicted octanol–water partition coefficient (Wildman–Crippen LogP) is -0.629. The number of benzene rings is 1. The van der Waals surface area contributed by atoms with E-state index in [0.717, 1.165) is 6.33 Å². The number of phosphoric ester groups is 1. The number of aliphatic carboxylic acids is 1. The predicted molar refractivity (Wildman–Crippen MR) is 128 cm³/mol. The molecule has 1 aliphatic heterocycles. The summed E-state index contributed by atoms with van der Waals surface area (Å²) in [6.45, 7) is -0.631. The third-order valence-electron chi connectivity index (χ3n) is 6.10. The maximum absolute atomic E-state index is 12.6. The lowest BCUT2D eigenvalue weighted by molar-refractivity contribution is -0.138. The van der Waals surface area contributed by atoms with Crippen LogP contribution >= 0.6 is 7.82 Å². The number of imidazole rings is 1. The van der Waals surface area contributed by atoms with Gasteiger partial charge in [-0.15, -0.1) is 0 Å². The van der Waals surface area contributed by atoms with E-state index in [1.807, 2.05) is 0 Å². The number of nitrogens with zero attached hydrogens (tertiary/aromatic N) is 3. The fourth-order valence-corrected chi connectivity index (χ4v) is 4.95. The van der Waals surface area contributed by atoms with E-state index in [1.165, 1.54) is 23.0 Å². The molecule has 17 heteroatoms. The van der Waals surface area contributed by atoms with Gasteiger partial charge in [-0.1, -0.05) is 0 Å². The second-order valence-corrected chi connectivity index (χ2v) is 10.0. The van der Waals surface area contributed by atoms with Gasteiger partial charge in [0.15, 0.2) is 17.4 Å². The topological polar surface area (TPSA) is 248 Å². The molecule has 0 radical (unpaired) electrons. The van der Waals surface area contributed by atoms with E-state index in [0.29, 0.717) is 16.5 Å². The summed E-state index contributed by atoms with van der Waals surface area (Å²) in [5.74, 6) is -1.21. The highest BCUT2D eigenvalue weighted by molar-refractivity contribution is 7.47. The molecule has 5 rings (SSSR count). The Hall–Kier alpha value is -3.63. The number of fused-ring (bicyclic) bond motifs is 2. The lowest BCUT2D eigenvalue weighted by Crippen LogP contribution is -2.33. The minimum atomic E-state index is -4.73. The second kappa shape index (κ2) is 9.92. The van der Waals surface area contributed by atoms with Gasteiger partial charge in [-0.05, 0) is 23.8 Å². The molecule has 202 valence electrons. The largest absolute Gasteiger partial charge is 0.527 e. The number of carboxylic acids is 1. The molecule has 6 atom stereocenters. The molecule has 16 nitrogen and oxygen atoms in total. The van der Waals surface area contributed by atoms with Crippen molar-refractivity contribution in [3.05, 3.63) is 53.0 Å². The van der Waals surface area contributed by atoms with E-state index in [4.69, 9.17) is 24.6 Å². The molecule has 38 heavy (non-hydrogen) atoms. The monoisotopic (exact) mass is 550 g/mol. The number of nitrogens with two attached hydrogens (primary N) is 1. The SMILES string of the molecule is N[C@@H](Cc1c[nH]c2ccc(OP(=O)(O)OC[C@H]3O[C@@H](n4cnc5c(=O)[nH]cnc54)[C@H](O)[C@@H]3O)cc12)C(=O)O. The molecule has 0 saturated carbocycles. The Kier molecular flexibility index (Phi) is 6.79. The van der Waals surface area contributed by atoms with E-state index >= 15 is 0 Å². The number of hydrogen-bond acceptors (Lipinski definition) is 11. The average Bonchev–Trinajstić information content (AvgIpc) is 3.55. The maximum Gasteiger partial charge on any atom is 0.527 e. The summed E-state index contributed by atoms with van der Waals surface area (Å²) in [5, 5.41) is 30.5. The first-order chi connectivity index (χ1) is 18.0. The smallest absolute Gasteiger partial charge is 0.480 e. The molecular weight excluding hydrogens is 527 g/mol. The van der Waals surface area contributed by atoms with E-state index < -0.39 is 56.5 Å². The fraction of sp³-hybridized carbons (Fsp3) is 0.333. The van der Waals surface area contributed by atoms with Crippen molar-refractivity contribution in [2.75, 3.05) is 6.61 Å². The quantitative estimate of drug-likeness (QED) is 0.128. The van der Waals surface area contributed by atoms with E-state index in [-0.39, 0.29) is 23.3 Å². The van der Waals surface area contributed by atoms with Crippen LogP contribution in [-0.4, -0.2) is 81.6 Å². The van der Waals surface area contributed by atoms with Crippen LogP contribution in [0.15, 0.2) is 41.8 Å². The minimum absolute atomic E-state index is 0.00163. The summed E-state index contributed by atoms with van der Waals surface area (Å²) in [6, 6.07) is 3.27. The number of aromatic amines is 2. The maximum atomic E-state index is 12.6. The van der Waals surface area contributed by atoms with Gasteiger partial charge in [0.05, 0.1) is 19.3 Å². The van der Waals surface area contributed by atoms with Gasteiger partial charge in [-0.2, -0.15) is 0 Å². The van der Waals surface area contributed by atoms with Crippen molar-refractivity contribution in [1.29, 1.82) is 0 Å². The van der Waals surface area contributed by atoms with Gasteiger partial charge in [0, 0.05) is 23.5 Å². The van der Waals surface area contributed by atoms with Crippen LogP contribution in [0.2, 0.25) is 0 Å². The van der Waals surface area contributed by atoms with Crippen LogP contribution in [0.5, 0.6) is 5.75 Å². The van der Waals surface area contributed by atoms with Crippen LogP contribution < -0.4 is 15.8 Å². The van der Waals surface area contributed by atoms with E-state index in [2.05, 4.69) is 19.9 Å². The molecule has 0 bridgehead atoms. The van der Waals surface area contributed by atoms with Gasteiger partial charge in [-0.25, -0.2) is 14.5 Å². The van der Waals surface area contributed by atoms with Crippen LogP contribution in [0, 0.1) is 0 Å². The summed E-state index contributed by atoms with van der Waals surface area (Å²) < 4.78 is 29.7. The molecule has 1 aromatic carbocycles. The summed E-state index contributed by atoms with van der Waals surface area (Å²) >= 11 is 0. The third kappa shape index (κ3) is 4.93. The highest BCUT2D eigenvalue weighted by Gasteiger charge is 2.45. The number of rotatable bonds is 9. The van der Waals surface area contributed by atoms with Crippen molar-refractivity contribution in [1.82, 2.24) is 24.5 Å². The Morgan fingerprint density at radius 3 is 2.82 bits per heavy atom. The van der Waals surface area contributed by atoms with Crippen LogP contribution in [0.3, 0.4) is 0 Å². The second-order valence-electron chi connectivity index (χ2n) is 8.63. The van der Waals surface area contributed by atoms with Crippen molar-refractivity contribution in [2.45, 2.75) is 37.0 Å². The number of carboxylic acid groups (broad SMARTS) is 1. The zero-order valence-electron chi connectivity index (χ0n) is 19.4. The molecule has 3 aromatic heterocycles. The Bertz CT molecular complexity index is 1600. The van der Waals surface area contributed by atoms with Crippen molar-refractivity contribution in [3.63, 3.8) is 0 Å². The number of carbonyl (C=O) groups is 1. The van der Waals surface area contributed by atoms with Crippen LogP contribution in [0.1, 0.15) is 11.8 Å². The molecule has 0 amide bonds. The normalized spacial score (nSPS) is 24.0. The molecule has 0 spiro atoms. The summed E-state index contributed by atoms with van der Waals surface area (Å²) in [5.41, 5.74) is 6.41. The Balaban J connectivity index is 1.26.